The molecule has 2 heterocycles. The summed E-state index contributed by atoms with van der Waals surface area (Å²) in [6, 6.07) is 8.22. The normalized spacial score (nSPS) is 28.3. The predicted molar refractivity (Wildman–Crippen MR) is 94.7 cm³/mol. The van der Waals surface area contributed by atoms with Crippen LogP contribution >= 0.6 is 0 Å². The average Bonchev–Trinajstić information content (AvgIpc) is 3.38. The molecule has 0 N–H and O–H groups in total. The average molecular weight is 341 g/mol. The van der Waals surface area contributed by atoms with Gasteiger partial charge in [0.25, 0.3) is 5.91 Å². The summed E-state index contributed by atoms with van der Waals surface area (Å²) < 4.78 is 11.6. The molecule has 1 amide bonds. The molecule has 1 aromatic rings. The molecule has 4 nitrogen and oxygen atoms in total. The molecule has 1 unspecified atom stereocenters. The summed E-state index contributed by atoms with van der Waals surface area (Å²) >= 11 is 0. The van der Waals surface area contributed by atoms with Gasteiger partial charge in [-0.2, -0.15) is 0 Å². The zero-order valence-corrected chi connectivity index (χ0v) is 14.8. The molecular formula is C21H27NO3. The minimum Gasteiger partial charge on any atom is -0.490 e. The number of hydrogen-bond donors (Lipinski definition) is 0. The Labute approximate surface area is 149 Å². The van der Waals surface area contributed by atoms with Crippen LogP contribution in [0.25, 0.3) is 0 Å². The van der Waals surface area contributed by atoms with Crippen LogP contribution in [0, 0.1) is 11.3 Å². The first-order valence-electron chi connectivity index (χ1n) is 9.91. The molecule has 134 valence electrons. The number of nitrogens with zero attached hydrogens (tertiary/aromatic N) is 1. The third-order valence-electron chi connectivity index (χ3n) is 6.71. The molecule has 4 aliphatic rings. The van der Waals surface area contributed by atoms with Gasteiger partial charge in [-0.15, -0.1) is 0 Å². The van der Waals surface area contributed by atoms with E-state index in [2.05, 4.69) is 4.90 Å². The maximum atomic E-state index is 13.3. The summed E-state index contributed by atoms with van der Waals surface area (Å²) in [5, 5.41) is 0. The molecule has 1 aromatic carbocycles. The minimum absolute atomic E-state index is 0.172. The Morgan fingerprint density at radius 3 is 2.56 bits per heavy atom. The number of amides is 1. The van der Waals surface area contributed by atoms with E-state index in [4.69, 9.17) is 9.47 Å². The van der Waals surface area contributed by atoms with Crippen molar-refractivity contribution in [2.75, 3.05) is 19.8 Å². The molecule has 0 aromatic heterocycles. The Hall–Kier alpha value is -1.55. The Balaban J connectivity index is 1.39. The summed E-state index contributed by atoms with van der Waals surface area (Å²) in [6.07, 6.45) is 8.63. The van der Waals surface area contributed by atoms with Gasteiger partial charge in [-0.1, -0.05) is 18.6 Å². The molecule has 1 atom stereocenters. The molecule has 4 heteroatoms. The van der Waals surface area contributed by atoms with Gasteiger partial charge in [0.15, 0.2) is 0 Å². The Morgan fingerprint density at radius 2 is 1.88 bits per heavy atom. The van der Waals surface area contributed by atoms with Crippen molar-refractivity contribution in [2.45, 2.75) is 57.1 Å². The van der Waals surface area contributed by atoms with Crippen molar-refractivity contribution in [1.29, 1.82) is 0 Å². The monoisotopic (exact) mass is 341 g/mol. The predicted octanol–water partition coefficient (Wildman–Crippen LogP) is 3.65. The van der Waals surface area contributed by atoms with Crippen LogP contribution in [0.1, 0.15) is 55.3 Å². The van der Waals surface area contributed by atoms with E-state index in [9.17, 15) is 4.79 Å². The number of para-hydroxylation sites is 1. The van der Waals surface area contributed by atoms with Crippen molar-refractivity contribution >= 4 is 5.91 Å². The van der Waals surface area contributed by atoms with Gasteiger partial charge < -0.3 is 14.4 Å². The van der Waals surface area contributed by atoms with E-state index < -0.39 is 0 Å². The van der Waals surface area contributed by atoms with Crippen molar-refractivity contribution in [1.82, 2.24) is 4.90 Å². The first-order valence-corrected chi connectivity index (χ1v) is 9.91. The second kappa shape index (κ2) is 6.01. The van der Waals surface area contributed by atoms with Gasteiger partial charge in [-0.05, 0) is 56.6 Å². The molecule has 2 aliphatic heterocycles. The summed E-state index contributed by atoms with van der Waals surface area (Å²) in [7, 11) is 0. The molecule has 4 fully saturated rings. The maximum absolute atomic E-state index is 13.3. The van der Waals surface area contributed by atoms with Gasteiger partial charge in [0.05, 0.1) is 11.7 Å². The van der Waals surface area contributed by atoms with Gasteiger partial charge in [-0.25, -0.2) is 0 Å². The smallest absolute Gasteiger partial charge is 0.257 e. The molecule has 0 radical (unpaired) electrons. The summed E-state index contributed by atoms with van der Waals surface area (Å²) in [5.41, 5.74) is 1.16. The standard InChI is InChI=1S/C21H27NO3/c23-20(17-4-1-2-5-18(17)25-16-6-7-16)22-14-21(10-3-11-21)19(22)15-8-12-24-13-9-15/h1-2,4-5,15-16,19H,3,6-14H2. The van der Waals surface area contributed by atoms with Crippen LogP contribution in [-0.2, 0) is 4.74 Å². The molecule has 1 spiro atoms. The number of rotatable bonds is 4. The SMILES string of the molecule is O=C(c1ccccc1OC1CC1)N1CC2(CCC2)C1C1CCOCC1. The Kier molecular flexibility index (Phi) is 3.77. The molecular weight excluding hydrogens is 314 g/mol. The highest BCUT2D eigenvalue weighted by atomic mass is 16.5. The van der Waals surface area contributed by atoms with Crippen molar-refractivity contribution < 1.29 is 14.3 Å². The van der Waals surface area contributed by atoms with Crippen LogP contribution in [0.15, 0.2) is 24.3 Å². The van der Waals surface area contributed by atoms with Crippen molar-refractivity contribution in [3.05, 3.63) is 29.8 Å². The van der Waals surface area contributed by atoms with E-state index in [1.54, 1.807) is 0 Å². The molecule has 2 saturated heterocycles. The lowest BCUT2D eigenvalue weighted by Crippen LogP contribution is -2.71. The van der Waals surface area contributed by atoms with E-state index in [1.807, 2.05) is 24.3 Å². The van der Waals surface area contributed by atoms with E-state index in [1.165, 1.54) is 19.3 Å². The van der Waals surface area contributed by atoms with Gasteiger partial charge in [0.1, 0.15) is 5.75 Å². The largest absolute Gasteiger partial charge is 0.490 e. The van der Waals surface area contributed by atoms with Crippen LogP contribution in [0.4, 0.5) is 0 Å². The molecule has 0 bridgehead atoms. The summed E-state index contributed by atoms with van der Waals surface area (Å²) in [6.45, 7) is 2.63. The van der Waals surface area contributed by atoms with Gasteiger partial charge in [0, 0.05) is 31.2 Å². The van der Waals surface area contributed by atoms with Crippen LogP contribution < -0.4 is 4.74 Å². The minimum atomic E-state index is 0.172. The topological polar surface area (TPSA) is 38.8 Å². The van der Waals surface area contributed by atoms with Crippen molar-refractivity contribution in [3.8, 4) is 5.75 Å². The number of carbonyl (C=O) groups excluding carboxylic acids is 1. The first-order chi connectivity index (χ1) is 12.3. The number of carbonyl (C=O) groups is 1. The highest BCUT2D eigenvalue weighted by Gasteiger charge is 2.59. The van der Waals surface area contributed by atoms with Crippen LogP contribution in [0.3, 0.4) is 0 Å². The lowest BCUT2D eigenvalue weighted by Gasteiger charge is -2.65. The molecule has 5 rings (SSSR count). The Morgan fingerprint density at radius 1 is 1.12 bits per heavy atom. The van der Waals surface area contributed by atoms with E-state index >= 15 is 0 Å². The second-order valence-electron chi connectivity index (χ2n) is 8.36. The molecule has 2 saturated carbocycles. The van der Waals surface area contributed by atoms with E-state index in [0.717, 1.165) is 56.8 Å². The Bertz CT molecular complexity index is 659. The summed E-state index contributed by atoms with van der Waals surface area (Å²) in [5.74, 6) is 1.55. The van der Waals surface area contributed by atoms with Gasteiger partial charge in [-0.3, -0.25) is 4.79 Å². The number of hydrogen-bond acceptors (Lipinski definition) is 3. The molecule has 25 heavy (non-hydrogen) atoms. The zero-order valence-electron chi connectivity index (χ0n) is 14.8. The number of likely N-dealkylation sites (tertiary alicyclic amines) is 1. The van der Waals surface area contributed by atoms with E-state index in [-0.39, 0.29) is 5.91 Å². The van der Waals surface area contributed by atoms with Crippen LogP contribution in [-0.4, -0.2) is 42.7 Å². The van der Waals surface area contributed by atoms with Crippen molar-refractivity contribution in [3.63, 3.8) is 0 Å². The van der Waals surface area contributed by atoms with Gasteiger partial charge in [0.2, 0.25) is 0 Å². The van der Waals surface area contributed by atoms with Crippen LogP contribution in [0.5, 0.6) is 5.75 Å². The number of benzene rings is 1. The quantitative estimate of drug-likeness (QED) is 0.839. The van der Waals surface area contributed by atoms with Crippen molar-refractivity contribution in [2.24, 2.45) is 11.3 Å². The fraction of sp³-hybridized carbons (Fsp3) is 0.667. The van der Waals surface area contributed by atoms with E-state index in [0.29, 0.717) is 23.5 Å². The highest BCUT2D eigenvalue weighted by molar-refractivity contribution is 5.97. The fourth-order valence-corrected chi connectivity index (χ4v) is 5.08. The summed E-state index contributed by atoms with van der Waals surface area (Å²) in [4.78, 5) is 15.5. The van der Waals surface area contributed by atoms with Gasteiger partial charge >= 0.3 is 0 Å². The first kappa shape index (κ1) is 15.7. The lowest BCUT2D eigenvalue weighted by atomic mass is 9.54. The maximum Gasteiger partial charge on any atom is 0.257 e. The lowest BCUT2D eigenvalue weighted by molar-refractivity contribution is -0.140. The third-order valence-corrected chi connectivity index (χ3v) is 6.71. The third kappa shape index (κ3) is 2.66. The van der Waals surface area contributed by atoms with Crippen LogP contribution in [0.2, 0.25) is 0 Å². The molecule has 2 aliphatic carbocycles. The second-order valence-corrected chi connectivity index (χ2v) is 8.36. The fourth-order valence-electron chi connectivity index (χ4n) is 5.08. The zero-order chi connectivity index (χ0) is 16.9. The number of ether oxygens (including phenoxy) is 2. The highest BCUT2D eigenvalue weighted by Crippen LogP contribution is 2.57.